The summed E-state index contributed by atoms with van der Waals surface area (Å²) < 4.78 is 51.0. The van der Waals surface area contributed by atoms with Crippen LogP contribution in [0.25, 0.3) is 72.4 Å². The number of hydrogen-bond donors (Lipinski definition) is 2. The molecular formula is C86H110F2GeN2O4. The molecule has 10 rings (SSSR count). The van der Waals surface area contributed by atoms with Gasteiger partial charge >= 0.3 is 473 Å². The number of phenols is 2. The molecular weight excluding hydrogens is 1240 g/mol. The molecule has 0 saturated heterocycles. The van der Waals surface area contributed by atoms with Gasteiger partial charge in [0.1, 0.15) is 5.82 Å². The monoisotopic (exact) mass is 1350 g/mol. The summed E-state index contributed by atoms with van der Waals surface area (Å²) >= 11 is -3.24. The molecule has 2 heterocycles. The van der Waals surface area contributed by atoms with Gasteiger partial charge < -0.3 is 0 Å². The summed E-state index contributed by atoms with van der Waals surface area (Å²) in [5.41, 5.74) is 13.1. The number of ether oxygens (including phenoxy) is 2. The van der Waals surface area contributed by atoms with Gasteiger partial charge in [-0.2, -0.15) is 0 Å². The Morgan fingerprint density at radius 3 is 1.41 bits per heavy atom. The number of aromatic nitrogens is 2. The number of benzene rings is 7. The van der Waals surface area contributed by atoms with E-state index in [1.54, 1.807) is 18.2 Å². The fraction of sp³-hybridized carbons (Fsp3) is 0.465. The molecule has 7 aromatic carbocycles. The number of halogens is 2. The summed E-state index contributed by atoms with van der Waals surface area (Å²) in [6, 6.07) is 40.1. The van der Waals surface area contributed by atoms with Crippen LogP contribution in [0.4, 0.5) is 8.78 Å². The van der Waals surface area contributed by atoms with Crippen molar-refractivity contribution in [3.8, 4) is 50.9 Å². The summed E-state index contributed by atoms with van der Waals surface area (Å²) in [5.74, 6) is -0.103. The molecule has 0 amide bonds. The Labute approximate surface area is 570 Å². The number of nitrogens with zero attached hydrogens (tertiary/aromatic N) is 2. The summed E-state index contributed by atoms with van der Waals surface area (Å²) in [7, 11) is 0. The first-order chi connectivity index (χ1) is 43.8. The molecule has 0 radical (unpaired) electrons. The number of phenolic OH excluding ortho intramolecular Hbond substituents is 2. The maximum absolute atomic E-state index is 16.3. The van der Waals surface area contributed by atoms with Gasteiger partial charge in [-0.15, -0.1) is 0 Å². The number of hydrogen-bond acceptors (Lipinski definition) is 4. The Hall–Kier alpha value is -6.62. The molecule has 0 fully saturated rings. The van der Waals surface area contributed by atoms with Gasteiger partial charge in [0.2, 0.25) is 0 Å². The molecule has 1 atom stereocenters. The molecule has 2 aromatic heterocycles. The van der Waals surface area contributed by atoms with E-state index in [2.05, 4.69) is 266 Å². The summed E-state index contributed by atoms with van der Waals surface area (Å²) in [6.45, 7) is 54.3. The normalized spacial score (nSPS) is 15.6. The second-order valence-corrected chi connectivity index (χ2v) is 46.6. The van der Waals surface area contributed by atoms with Crippen LogP contribution in [0.15, 0.2) is 127 Å². The Morgan fingerprint density at radius 2 is 0.937 bits per heavy atom. The third-order valence-corrected chi connectivity index (χ3v) is 30.4. The molecule has 0 aliphatic heterocycles. The van der Waals surface area contributed by atoms with E-state index in [4.69, 9.17) is 9.47 Å². The van der Waals surface area contributed by atoms with E-state index in [0.29, 0.717) is 56.7 Å². The Bertz CT molecular complexity index is 4360. The van der Waals surface area contributed by atoms with Gasteiger partial charge in [-0.1, -0.05) is 68.4 Å². The minimum absolute atomic E-state index is 0.00485. The average molecular weight is 1350 g/mol. The third-order valence-electron chi connectivity index (χ3n) is 20.9. The van der Waals surface area contributed by atoms with Crippen LogP contribution in [0.1, 0.15) is 218 Å². The van der Waals surface area contributed by atoms with Gasteiger partial charge in [0.15, 0.2) is 0 Å². The van der Waals surface area contributed by atoms with Crippen molar-refractivity contribution in [2.45, 2.75) is 229 Å². The van der Waals surface area contributed by atoms with E-state index in [0.717, 1.165) is 78.4 Å². The van der Waals surface area contributed by atoms with Crippen LogP contribution >= 0.6 is 0 Å². The van der Waals surface area contributed by atoms with Gasteiger partial charge in [0, 0.05) is 0 Å². The van der Waals surface area contributed by atoms with Crippen molar-refractivity contribution in [1.82, 2.24) is 9.13 Å². The van der Waals surface area contributed by atoms with Crippen molar-refractivity contribution >= 4 is 52.1 Å². The Balaban J connectivity index is 1.08. The molecule has 2 N–H and O–H groups in total. The molecule has 0 bridgehead atoms. The van der Waals surface area contributed by atoms with E-state index in [-0.39, 0.29) is 60.6 Å². The zero-order valence-corrected chi connectivity index (χ0v) is 64.1. The summed E-state index contributed by atoms with van der Waals surface area (Å²) in [6.07, 6.45) is 6.82. The van der Waals surface area contributed by atoms with E-state index in [1.807, 2.05) is 6.07 Å². The van der Waals surface area contributed by atoms with Gasteiger partial charge in [0.25, 0.3) is 0 Å². The van der Waals surface area contributed by atoms with Crippen molar-refractivity contribution in [1.29, 1.82) is 0 Å². The quantitative estimate of drug-likeness (QED) is 0.0946. The van der Waals surface area contributed by atoms with Crippen molar-refractivity contribution in [3.63, 3.8) is 0 Å². The molecule has 1 aliphatic rings. The van der Waals surface area contributed by atoms with Crippen LogP contribution in [0, 0.1) is 27.9 Å². The van der Waals surface area contributed by atoms with Crippen LogP contribution < -0.4 is 4.74 Å². The summed E-state index contributed by atoms with van der Waals surface area (Å²) in [4.78, 5) is 0. The predicted molar refractivity (Wildman–Crippen MR) is 402 cm³/mol. The number of rotatable bonds is 16. The first kappa shape index (κ1) is 71.2. The zero-order chi connectivity index (χ0) is 69.9. The zero-order valence-electron chi connectivity index (χ0n) is 62.0. The van der Waals surface area contributed by atoms with Gasteiger partial charge in [0.05, 0.1) is 0 Å². The van der Waals surface area contributed by atoms with Crippen LogP contribution in [-0.4, -0.2) is 49.1 Å². The van der Waals surface area contributed by atoms with Crippen LogP contribution in [0.3, 0.4) is 0 Å². The second-order valence-electron chi connectivity index (χ2n) is 36.1. The number of aromatic hydroxyl groups is 2. The second kappa shape index (κ2) is 24.7. The molecule has 0 saturated carbocycles. The third kappa shape index (κ3) is 14.1. The topological polar surface area (TPSA) is 68.8 Å². The standard InChI is InChI=1S/C86H110F2GeN2O4/c1-25-89(26-2,52-94-75-37-33-61(88)48-66(75)67-45-59(85(23,24)51-79(6,7)8)47-74(77(67)93)90-69-34-30-55(80(9,10)11)41-63(69)64-42-56(81(12,13)14)31-35-70(64)90)53-95-86(83(18,19)20)39-38-72-68(49-86)65-43-57(82(15,16)17)32-36-71(65)91(72)73-46-58(84(21,22)50-78(3,4)5)44-62(76(73)92)54-28-27-29-60(87)40-54/h27-48,92-93H,25-26,49-53H2,1-24H3. The fourth-order valence-corrected chi connectivity index (χ4v) is 20.5. The van der Waals surface area contributed by atoms with Crippen LogP contribution in [-0.2, 0) is 38.2 Å². The summed E-state index contributed by atoms with van der Waals surface area (Å²) in [5, 5.41) is 31.2. The predicted octanol–water partition coefficient (Wildman–Crippen LogP) is 24.1. The van der Waals surface area contributed by atoms with E-state index < -0.39 is 24.7 Å². The maximum atomic E-state index is 16.3. The Morgan fingerprint density at radius 1 is 0.474 bits per heavy atom. The Kier molecular flexibility index (Phi) is 18.5. The van der Waals surface area contributed by atoms with Crippen LogP contribution in [0.2, 0.25) is 10.5 Å². The van der Waals surface area contributed by atoms with Crippen molar-refractivity contribution in [2.24, 2.45) is 16.2 Å². The van der Waals surface area contributed by atoms with Crippen molar-refractivity contribution in [3.05, 3.63) is 178 Å². The molecule has 9 heteroatoms. The van der Waals surface area contributed by atoms with E-state index in [1.165, 1.54) is 34.9 Å². The van der Waals surface area contributed by atoms with Gasteiger partial charge in [-0.25, -0.2) is 4.39 Å². The van der Waals surface area contributed by atoms with Gasteiger partial charge in [-0.3, -0.25) is 0 Å². The van der Waals surface area contributed by atoms with E-state index in [9.17, 15) is 10.2 Å². The number of fused-ring (bicyclic) bond motifs is 6. The molecule has 95 heavy (non-hydrogen) atoms. The SMILES string of the molecule is C[CH2][Ge]([CH2]C)([CH2]Oc1ccc(F)cc1-c1cc(C(C)(C)CC(C)(C)C)cc(-n2c3ccc(C(C)(C)C)cc3c3cc(C(C)(C)C)ccc32)c1O)[CH2]OC1(C(C)(C)C)C=Cc2c(c3cc(C(C)(C)C)ccc3n2-c2cc(C(C)(C)CC(C)(C)C)cc(-c3cccc(F)c3)c2O)C1. The first-order valence-corrected chi connectivity index (χ1v) is 40.8. The van der Waals surface area contributed by atoms with Crippen molar-refractivity contribution in [2.75, 3.05) is 10.9 Å². The van der Waals surface area contributed by atoms with Crippen LogP contribution in [0.5, 0.6) is 17.2 Å². The molecule has 6 nitrogen and oxygen atoms in total. The fourth-order valence-electron chi connectivity index (χ4n) is 15.4. The molecule has 9 aromatic rings. The minimum atomic E-state index is -3.24. The first-order valence-electron chi connectivity index (χ1n) is 34.8. The van der Waals surface area contributed by atoms with Crippen molar-refractivity contribution < 1.29 is 28.5 Å². The van der Waals surface area contributed by atoms with Gasteiger partial charge in [-0.05, 0) is 22.3 Å². The molecule has 1 unspecified atom stereocenters. The van der Waals surface area contributed by atoms with E-state index >= 15 is 8.78 Å². The molecule has 1 aliphatic carbocycles. The molecule has 506 valence electrons. The average Bonchev–Trinajstić information content (AvgIpc) is 1.60. The molecule has 0 spiro atoms.